The second kappa shape index (κ2) is 4.45. The van der Waals surface area contributed by atoms with E-state index in [1.165, 1.54) is 0 Å². The van der Waals surface area contributed by atoms with Crippen molar-refractivity contribution in [2.75, 3.05) is 5.32 Å². The average Bonchev–Trinajstić information content (AvgIpc) is 2.64. The minimum absolute atomic E-state index is 0.189. The molecule has 1 aromatic rings. The molecule has 0 unspecified atom stereocenters. The molecular formula is C13H18N4O. The van der Waals surface area contributed by atoms with Crippen LogP contribution in [0.5, 0.6) is 0 Å². The van der Waals surface area contributed by atoms with Crippen molar-refractivity contribution in [3.8, 4) is 6.07 Å². The highest BCUT2D eigenvalue weighted by molar-refractivity contribution is 5.98. The zero-order chi connectivity index (χ0) is 13.3. The lowest BCUT2D eigenvalue weighted by molar-refractivity contribution is -0.128. The summed E-state index contributed by atoms with van der Waals surface area (Å²) in [5.41, 5.74) is 0.741. The summed E-state index contributed by atoms with van der Waals surface area (Å²) in [5.74, 6) is 0.265. The van der Waals surface area contributed by atoms with Gasteiger partial charge < -0.3 is 5.32 Å². The van der Waals surface area contributed by atoms with Crippen molar-refractivity contribution in [3.05, 3.63) is 11.9 Å². The van der Waals surface area contributed by atoms with Gasteiger partial charge in [0.2, 0.25) is 5.91 Å². The Balaban J connectivity index is 2.14. The lowest BCUT2D eigenvalue weighted by Gasteiger charge is -2.39. The van der Waals surface area contributed by atoms with E-state index in [2.05, 4.69) is 23.4 Å². The SMILES string of the molecule is CCc1nn(C)cc1NC(=O)C1(C#N)CC(C)C1. The van der Waals surface area contributed by atoms with Gasteiger partial charge in [-0.05, 0) is 25.2 Å². The Morgan fingerprint density at radius 1 is 1.72 bits per heavy atom. The highest BCUT2D eigenvalue weighted by Crippen LogP contribution is 2.45. The van der Waals surface area contributed by atoms with Gasteiger partial charge in [0.05, 0.1) is 17.5 Å². The molecule has 5 nitrogen and oxygen atoms in total. The normalized spacial score (nSPS) is 26.2. The van der Waals surface area contributed by atoms with E-state index >= 15 is 0 Å². The van der Waals surface area contributed by atoms with E-state index in [0.29, 0.717) is 18.8 Å². The summed E-state index contributed by atoms with van der Waals surface area (Å²) in [4.78, 5) is 12.2. The van der Waals surface area contributed by atoms with Gasteiger partial charge in [-0.3, -0.25) is 9.48 Å². The van der Waals surface area contributed by atoms with Crippen LogP contribution in [0.2, 0.25) is 0 Å². The Hall–Kier alpha value is -1.83. The largest absolute Gasteiger partial charge is 0.322 e. The molecule has 0 atom stereocenters. The van der Waals surface area contributed by atoms with Gasteiger partial charge in [-0.25, -0.2) is 0 Å². The average molecular weight is 246 g/mol. The first-order valence-electron chi connectivity index (χ1n) is 6.26. The molecule has 1 aliphatic carbocycles. The number of aryl methyl sites for hydroxylation is 2. The number of amides is 1. The van der Waals surface area contributed by atoms with E-state index in [1.54, 1.807) is 10.9 Å². The van der Waals surface area contributed by atoms with E-state index in [0.717, 1.165) is 17.8 Å². The number of aromatic nitrogens is 2. The molecule has 0 aromatic carbocycles. The van der Waals surface area contributed by atoms with Crippen molar-refractivity contribution in [2.45, 2.75) is 33.1 Å². The van der Waals surface area contributed by atoms with Gasteiger partial charge in [0.1, 0.15) is 5.41 Å². The highest BCUT2D eigenvalue weighted by atomic mass is 16.2. The van der Waals surface area contributed by atoms with Gasteiger partial charge in [-0.1, -0.05) is 13.8 Å². The molecule has 5 heteroatoms. The molecule has 1 aromatic heterocycles. The number of carbonyl (C=O) groups excluding carboxylic acids is 1. The smallest absolute Gasteiger partial charge is 0.244 e. The van der Waals surface area contributed by atoms with Crippen LogP contribution < -0.4 is 5.32 Å². The second-order valence-corrected chi connectivity index (χ2v) is 5.18. The van der Waals surface area contributed by atoms with Crippen molar-refractivity contribution in [3.63, 3.8) is 0 Å². The second-order valence-electron chi connectivity index (χ2n) is 5.18. The zero-order valence-electron chi connectivity index (χ0n) is 11.0. The molecule has 2 rings (SSSR count). The predicted molar refractivity (Wildman–Crippen MR) is 67.7 cm³/mol. The highest BCUT2D eigenvalue weighted by Gasteiger charge is 2.49. The van der Waals surface area contributed by atoms with Crippen LogP contribution in [0, 0.1) is 22.7 Å². The van der Waals surface area contributed by atoms with Crippen molar-refractivity contribution >= 4 is 11.6 Å². The fourth-order valence-corrected chi connectivity index (χ4v) is 2.60. The molecular weight excluding hydrogens is 228 g/mol. The standard InChI is InChI=1S/C13H18N4O/c1-4-10-11(7-17(3)16-10)15-12(18)13(8-14)5-9(2)6-13/h7,9H,4-6H2,1-3H3,(H,15,18). The van der Waals surface area contributed by atoms with Gasteiger partial charge in [-0.15, -0.1) is 0 Å². The summed E-state index contributed by atoms with van der Waals surface area (Å²) in [5, 5.41) is 16.3. The van der Waals surface area contributed by atoms with Crippen LogP contribution in [0.3, 0.4) is 0 Å². The fourth-order valence-electron chi connectivity index (χ4n) is 2.60. The molecule has 0 radical (unpaired) electrons. The first kappa shape index (κ1) is 12.6. The number of nitriles is 1. The Morgan fingerprint density at radius 3 is 2.89 bits per heavy atom. The number of nitrogens with zero attached hydrogens (tertiary/aromatic N) is 3. The molecule has 1 aliphatic rings. The van der Waals surface area contributed by atoms with Crippen LogP contribution in [-0.2, 0) is 18.3 Å². The third-order valence-corrected chi connectivity index (χ3v) is 3.53. The summed E-state index contributed by atoms with van der Waals surface area (Å²) in [7, 11) is 1.82. The predicted octanol–water partition coefficient (Wildman–Crippen LogP) is 1.86. The van der Waals surface area contributed by atoms with Crippen LogP contribution in [0.1, 0.15) is 32.4 Å². The third kappa shape index (κ3) is 1.99. The first-order chi connectivity index (χ1) is 8.50. The Labute approximate surface area is 107 Å². The van der Waals surface area contributed by atoms with Crippen molar-refractivity contribution < 1.29 is 4.79 Å². The Morgan fingerprint density at radius 2 is 2.39 bits per heavy atom. The summed E-state index contributed by atoms with van der Waals surface area (Å²) < 4.78 is 1.68. The maximum Gasteiger partial charge on any atom is 0.244 e. The quantitative estimate of drug-likeness (QED) is 0.884. The summed E-state index contributed by atoms with van der Waals surface area (Å²) >= 11 is 0. The number of hydrogen-bond acceptors (Lipinski definition) is 3. The van der Waals surface area contributed by atoms with Crippen LogP contribution in [0.25, 0.3) is 0 Å². The van der Waals surface area contributed by atoms with Gasteiger partial charge in [0.15, 0.2) is 0 Å². The molecule has 1 heterocycles. The molecule has 0 spiro atoms. The van der Waals surface area contributed by atoms with Gasteiger partial charge in [0, 0.05) is 13.2 Å². The van der Waals surface area contributed by atoms with Gasteiger partial charge in [-0.2, -0.15) is 10.4 Å². The van der Waals surface area contributed by atoms with E-state index in [-0.39, 0.29) is 5.91 Å². The number of rotatable bonds is 3. The summed E-state index contributed by atoms with van der Waals surface area (Å²) in [6.07, 6.45) is 3.84. The summed E-state index contributed by atoms with van der Waals surface area (Å²) in [6.45, 7) is 4.05. The molecule has 0 aliphatic heterocycles. The molecule has 1 saturated carbocycles. The maximum atomic E-state index is 12.2. The van der Waals surface area contributed by atoms with Crippen molar-refractivity contribution in [2.24, 2.45) is 18.4 Å². The van der Waals surface area contributed by atoms with Crippen LogP contribution >= 0.6 is 0 Å². The number of hydrogen-bond donors (Lipinski definition) is 1. The van der Waals surface area contributed by atoms with Crippen molar-refractivity contribution in [1.29, 1.82) is 5.26 Å². The monoisotopic (exact) mass is 246 g/mol. The van der Waals surface area contributed by atoms with E-state index in [1.807, 2.05) is 14.0 Å². The molecule has 1 amide bonds. The van der Waals surface area contributed by atoms with E-state index in [9.17, 15) is 10.1 Å². The molecule has 1 N–H and O–H groups in total. The lowest BCUT2D eigenvalue weighted by atomic mass is 9.63. The van der Waals surface area contributed by atoms with Gasteiger partial charge in [0.25, 0.3) is 0 Å². The van der Waals surface area contributed by atoms with Crippen LogP contribution in [0.15, 0.2) is 6.20 Å². The van der Waals surface area contributed by atoms with Crippen LogP contribution in [0.4, 0.5) is 5.69 Å². The van der Waals surface area contributed by atoms with Crippen LogP contribution in [-0.4, -0.2) is 15.7 Å². The minimum Gasteiger partial charge on any atom is -0.322 e. The topological polar surface area (TPSA) is 70.7 Å². The number of anilines is 1. The molecule has 1 fully saturated rings. The van der Waals surface area contributed by atoms with Gasteiger partial charge >= 0.3 is 0 Å². The third-order valence-electron chi connectivity index (χ3n) is 3.53. The number of nitrogens with one attached hydrogen (secondary N) is 1. The molecule has 0 saturated heterocycles. The molecule has 0 bridgehead atoms. The van der Waals surface area contributed by atoms with Crippen molar-refractivity contribution in [1.82, 2.24) is 9.78 Å². The Kier molecular flexibility index (Phi) is 3.12. The Bertz CT molecular complexity index is 506. The maximum absolute atomic E-state index is 12.2. The first-order valence-corrected chi connectivity index (χ1v) is 6.26. The molecule has 96 valence electrons. The van der Waals surface area contributed by atoms with E-state index in [4.69, 9.17) is 0 Å². The molecule has 18 heavy (non-hydrogen) atoms. The van der Waals surface area contributed by atoms with E-state index < -0.39 is 5.41 Å². The fraction of sp³-hybridized carbons (Fsp3) is 0.615. The summed E-state index contributed by atoms with van der Waals surface area (Å²) in [6, 6.07) is 2.17. The number of carbonyl (C=O) groups is 1. The lowest BCUT2D eigenvalue weighted by Crippen LogP contribution is -2.45. The zero-order valence-corrected chi connectivity index (χ0v) is 11.0. The minimum atomic E-state index is -0.833.